The number of carbonyl (C=O) groups is 1. The van der Waals surface area contributed by atoms with Gasteiger partial charge in [0, 0.05) is 43.9 Å². The van der Waals surface area contributed by atoms with E-state index in [1.165, 1.54) is 5.19 Å². The number of anilines is 1. The molecule has 1 amide bonds. The number of benzene rings is 2. The van der Waals surface area contributed by atoms with Crippen LogP contribution in [0.2, 0.25) is 18.6 Å². The van der Waals surface area contributed by atoms with Gasteiger partial charge in [-0.15, -0.1) is 0 Å². The molecule has 184 valence electrons. The average Bonchev–Trinajstić information content (AvgIpc) is 3.27. The summed E-state index contributed by atoms with van der Waals surface area (Å²) in [5.41, 5.74) is 2.10. The molecule has 0 saturated carbocycles. The van der Waals surface area contributed by atoms with Gasteiger partial charge in [0.2, 0.25) is 5.91 Å². The number of amides is 1. The third kappa shape index (κ3) is 4.49. The van der Waals surface area contributed by atoms with Crippen LogP contribution in [0.25, 0.3) is 0 Å². The minimum atomic E-state index is -2.05. The van der Waals surface area contributed by atoms with Crippen LogP contribution in [0.15, 0.2) is 42.5 Å². The fourth-order valence-corrected chi connectivity index (χ4v) is 9.26. The largest absolute Gasteiger partial charge is 0.497 e. The second kappa shape index (κ2) is 10.1. The van der Waals surface area contributed by atoms with E-state index in [-0.39, 0.29) is 36.2 Å². The molecule has 34 heavy (non-hydrogen) atoms. The summed E-state index contributed by atoms with van der Waals surface area (Å²) in [6, 6.07) is 14.4. The first-order chi connectivity index (χ1) is 16.3. The predicted octanol–water partition coefficient (Wildman–Crippen LogP) is 4.27. The highest BCUT2D eigenvalue weighted by Crippen LogP contribution is 2.48. The molecule has 4 atom stereocenters. The Labute approximate surface area is 203 Å². The molecule has 6 nitrogen and oxygen atoms in total. The Morgan fingerprint density at radius 3 is 2.50 bits per heavy atom. The molecule has 0 spiro atoms. The maximum atomic E-state index is 12.3. The molecule has 2 aliphatic heterocycles. The van der Waals surface area contributed by atoms with Crippen LogP contribution in [-0.2, 0) is 9.53 Å². The molecule has 4 rings (SSSR count). The van der Waals surface area contributed by atoms with Crippen LogP contribution < -0.4 is 19.6 Å². The maximum Gasteiger partial charge on any atom is 0.227 e. The van der Waals surface area contributed by atoms with Crippen LogP contribution in [-0.4, -0.2) is 52.6 Å². The molecule has 2 aliphatic rings. The molecule has 2 heterocycles. The van der Waals surface area contributed by atoms with Crippen molar-refractivity contribution in [1.29, 1.82) is 0 Å². The first kappa shape index (κ1) is 24.8. The molecular weight excluding hydrogens is 446 g/mol. The van der Waals surface area contributed by atoms with Crippen LogP contribution in [0.5, 0.6) is 11.5 Å². The number of aliphatic hydroxyl groups excluding tert-OH is 1. The van der Waals surface area contributed by atoms with Crippen molar-refractivity contribution >= 4 is 24.9 Å². The van der Waals surface area contributed by atoms with Crippen LogP contribution in [0.4, 0.5) is 5.69 Å². The average molecular weight is 484 g/mol. The normalized spacial score (nSPS) is 23.4. The van der Waals surface area contributed by atoms with Gasteiger partial charge in [-0.05, 0) is 48.7 Å². The predicted molar refractivity (Wildman–Crippen MR) is 137 cm³/mol. The number of fused-ring (bicyclic) bond motifs is 1. The Morgan fingerprint density at radius 2 is 1.91 bits per heavy atom. The van der Waals surface area contributed by atoms with E-state index in [2.05, 4.69) is 38.2 Å². The molecule has 0 aromatic heterocycles. The second-order valence-electron chi connectivity index (χ2n) is 10.0. The zero-order valence-electron chi connectivity index (χ0n) is 20.9. The Balaban J connectivity index is 1.68. The minimum Gasteiger partial charge on any atom is -0.497 e. The highest BCUT2D eigenvalue weighted by Gasteiger charge is 2.47. The van der Waals surface area contributed by atoms with Crippen molar-refractivity contribution in [2.75, 3.05) is 32.3 Å². The summed E-state index contributed by atoms with van der Waals surface area (Å²) in [4.78, 5) is 14.2. The number of rotatable bonds is 8. The van der Waals surface area contributed by atoms with Crippen molar-refractivity contribution in [3.8, 4) is 11.5 Å². The fraction of sp³-hybridized carbons (Fsp3) is 0.519. The lowest BCUT2D eigenvalue weighted by atomic mass is 9.86. The van der Waals surface area contributed by atoms with Crippen LogP contribution in [0.1, 0.15) is 37.9 Å². The molecule has 1 N–H and O–H groups in total. The molecule has 0 aliphatic carbocycles. The Kier molecular flexibility index (Phi) is 7.35. The highest BCUT2D eigenvalue weighted by atomic mass is 28.3. The lowest BCUT2D eigenvalue weighted by Gasteiger charge is -2.46. The first-order valence-corrected chi connectivity index (χ1v) is 15.3. The third-order valence-electron chi connectivity index (χ3n) is 7.80. The molecule has 7 heteroatoms. The van der Waals surface area contributed by atoms with E-state index in [1.54, 1.807) is 14.2 Å². The number of hydrogen-bond donors (Lipinski definition) is 1. The summed E-state index contributed by atoms with van der Waals surface area (Å²) in [7, 11) is 1.37. The minimum absolute atomic E-state index is 0.0867. The van der Waals surface area contributed by atoms with E-state index in [0.717, 1.165) is 35.7 Å². The summed E-state index contributed by atoms with van der Waals surface area (Å²) >= 11 is 0. The van der Waals surface area contributed by atoms with Gasteiger partial charge in [-0.1, -0.05) is 37.3 Å². The van der Waals surface area contributed by atoms with Crippen LogP contribution >= 0.6 is 0 Å². The van der Waals surface area contributed by atoms with Gasteiger partial charge in [-0.3, -0.25) is 4.79 Å². The molecule has 1 fully saturated rings. The fourth-order valence-electron chi connectivity index (χ4n) is 5.76. The van der Waals surface area contributed by atoms with Crippen molar-refractivity contribution in [1.82, 2.24) is 0 Å². The number of carbonyl (C=O) groups excluding carboxylic acids is 1. The van der Waals surface area contributed by atoms with E-state index >= 15 is 0 Å². The summed E-state index contributed by atoms with van der Waals surface area (Å²) in [6.45, 7) is 7.76. The van der Waals surface area contributed by atoms with Gasteiger partial charge < -0.3 is 24.2 Å². The van der Waals surface area contributed by atoms with Gasteiger partial charge in [-0.25, -0.2) is 0 Å². The SMILES string of the molecule is COc1ccc([Si](C)(C)C(CCO)[C@H]2Oc3ccc(N4CCCC4=O)cc3[C@@H](OC)[C@@H]2C)cc1. The number of nitrogens with zero attached hydrogens (tertiary/aromatic N) is 1. The number of methoxy groups -OCH3 is 2. The van der Waals surface area contributed by atoms with Gasteiger partial charge in [0.15, 0.2) is 0 Å². The van der Waals surface area contributed by atoms with Gasteiger partial charge >= 0.3 is 0 Å². The van der Waals surface area contributed by atoms with Gasteiger partial charge in [0.25, 0.3) is 0 Å². The number of hydrogen-bond acceptors (Lipinski definition) is 5. The third-order valence-corrected chi connectivity index (χ3v) is 12.1. The Bertz CT molecular complexity index is 1010. The van der Waals surface area contributed by atoms with Crippen molar-refractivity contribution in [3.63, 3.8) is 0 Å². The van der Waals surface area contributed by atoms with Crippen molar-refractivity contribution in [3.05, 3.63) is 48.0 Å². The van der Waals surface area contributed by atoms with Crippen molar-refractivity contribution in [2.45, 2.75) is 57.0 Å². The molecule has 1 unspecified atom stereocenters. The quantitative estimate of drug-likeness (QED) is 0.568. The zero-order chi connectivity index (χ0) is 24.5. The summed E-state index contributed by atoms with van der Waals surface area (Å²) in [5, 5.41) is 11.3. The summed E-state index contributed by atoms with van der Waals surface area (Å²) in [5.74, 6) is 1.92. The second-order valence-corrected chi connectivity index (χ2v) is 14.8. The van der Waals surface area contributed by atoms with Crippen LogP contribution in [0, 0.1) is 5.92 Å². The van der Waals surface area contributed by atoms with E-state index in [9.17, 15) is 9.90 Å². The lowest BCUT2D eigenvalue weighted by Crippen LogP contribution is -2.54. The number of ether oxygens (including phenoxy) is 3. The molecule has 1 saturated heterocycles. The first-order valence-electron chi connectivity index (χ1n) is 12.2. The topological polar surface area (TPSA) is 68.2 Å². The lowest BCUT2D eigenvalue weighted by molar-refractivity contribution is -0.117. The summed E-state index contributed by atoms with van der Waals surface area (Å²) in [6.07, 6.45) is 1.94. The monoisotopic (exact) mass is 483 g/mol. The zero-order valence-corrected chi connectivity index (χ0v) is 21.9. The molecule has 0 radical (unpaired) electrons. The van der Waals surface area contributed by atoms with Gasteiger partial charge in [-0.2, -0.15) is 0 Å². The standard InChI is InChI=1S/C27H37NO5Si/c1-18-26(32-3)22-17-19(28-15-6-7-25(28)30)8-13-23(22)33-27(18)24(14-16-29)34(4,5)21-11-9-20(31-2)10-12-21/h8-13,17-18,24,26-27,29H,6-7,14-16H2,1-5H3/t18-,24?,26-,27-/m0/s1. The molecule has 0 bridgehead atoms. The Morgan fingerprint density at radius 1 is 1.18 bits per heavy atom. The van der Waals surface area contributed by atoms with E-state index in [0.29, 0.717) is 12.8 Å². The molecular formula is C27H37NO5Si. The summed E-state index contributed by atoms with van der Waals surface area (Å²) < 4.78 is 18.1. The van der Waals surface area contributed by atoms with E-state index in [4.69, 9.17) is 14.2 Å². The number of aliphatic hydroxyl groups is 1. The molecule has 2 aromatic rings. The highest BCUT2D eigenvalue weighted by molar-refractivity contribution is 6.91. The Hall–Kier alpha value is -2.35. The van der Waals surface area contributed by atoms with Gasteiger partial charge in [0.05, 0.1) is 21.3 Å². The van der Waals surface area contributed by atoms with Crippen molar-refractivity contribution in [2.24, 2.45) is 5.92 Å². The van der Waals surface area contributed by atoms with E-state index in [1.807, 2.05) is 29.2 Å². The maximum absolute atomic E-state index is 12.3. The molecule has 2 aromatic carbocycles. The smallest absolute Gasteiger partial charge is 0.227 e. The van der Waals surface area contributed by atoms with Crippen LogP contribution in [0.3, 0.4) is 0 Å². The van der Waals surface area contributed by atoms with E-state index < -0.39 is 8.07 Å². The van der Waals surface area contributed by atoms with Crippen molar-refractivity contribution < 1.29 is 24.1 Å². The van der Waals surface area contributed by atoms with Gasteiger partial charge in [0.1, 0.15) is 17.6 Å².